The van der Waals surface area contributed by atoms with Gasteiger partial charge in [-0.1, -0.05) is 15.9 Å². The van der Waals surface area contributed by atoms with Crippen LogP contribution in [0.4, 0.5) is 0 Å². The van der Waals surface area contributed by atoms with Crippen LogP contribution in [0.5, 0.6) is 5.75 Å². The van der Waals surface area contributed by atoms with Crippen LogP contribution < -0.4 is 0 Å². The van der Waals surface area contributed by atoms with Gasteiger partial charge in [-0.25, -0.2) is 0 Å². The fourth-order valence-electron chi connectivity index (χ4n) is 0.535. The average Bonchev–Trinajstić information content (AvgIpc) is 1.82. The number of halogens is 3. The zero-order valence-corrected chi connectivity index (χ0v) is 10.7. The van der Waals surface area contributed by atoms with Crippen LogP contribution in [0.15, 0.2) is 25.6 Å². The molecule has 1 nitrogen and oxygen atoms in total. The van der Waals surface area contributed by atoms with Gasteiger partial charge in [0.2, 0.25) is 0 Å². The molecule has 0 aromatic heterocycles. The molecule has 0 unspecified atom stereocenters. The summed E-state index contributed by atoms with van der Waals surface area (Å²) in [6, 6.07) is 3.56. The Kier molecular flexibility index (Phi) is 5.31. The Hall–Kier alpha value is 0.979. The molecule has 0 amide bonds. The summed E-state index contributed by atoms with van der Waals surface area (Å²) >= 11 is 9.65. The molecule has 0 bridgehead atoms. The molecule has 0 heterocycles. The van der Waals surface area contributed by atoms with Crippen molar-refractivity contribution in [2.45, 2.75) is 0 Å². The van der Waals surface area contributed by atoms with Gasteiger partial charge in [-0.05, 0) is 44.0 Å². The largest absolute Gasteiger partial charge is 2.00 e. The molecule has 1 N–H and O–H groups in total. The number of phenols is 1. The van der Waals surface area contributed by atoms with Crippen molar-refractivity contribution in [1.29, 1.82) is 0 Å². The predicted octanol–water partition coefficient (Wildman–Crippen LogP) is 3.68. The van der Waals surface area contributed by atoms with Gasteiger partial charge < -0.3 is 5.11 Å². The molecular weight excluding hydrogens is 391 g/mol. The second kappa shape index (κ2) is 4.87. The zero-order valence-electron chi connectivity index (χ0n) is 5.04. The molecule has 0 spiro atoms. The van der Waals surface area contributed by atoms with Gasteiger partial charge in [0.25, 0.3) is 0 Å². The summed E-state index contributed by atoms with van der Waals surface area (Å²) in [5.41, 5.74) is 0. The summed E-state index contributed by atoms with van der Waals surface area (Å²) < 4.78 is 2.27. The Morgan fingerprint density at radius 3 is 1.73 bits per heavy atom. The van der Waals surface area contributed by atoms with E-state index in [-0.39, 0.29) is 22.8 Å². The summed E-state index contributed by atoms with van der Waals surface area (Å²) in [6.45, 7) is 0. The minimum atomic E-state index is 0. The van der Waals surface area contributed by atoms with Crippen LogP contribution in [-0.2, 0) is 17.1 Å². The smallest absolute Gasteiger partial charge is 0.506 e. The summed E-state index contributed by atoms with van der Waals surface area (Å²) in [7, 11) is 0. The van der Waals surface area contributed by atoms with Crippen molar-refractivity contribution in [3.63, 3.8) is 0 Å². The minimum Gasteiger partial charge on any atom is -0.506 e. The molecule has 0 aliphatic heterocycles. The number of hydrogen-bond donors (Lipinski definition) is 1. The molecule has 0 aliphatic rings. The van der Waals surface area contributed by atoms with Crippen molar-refractivity contribution in [3.05, 3.63) is 25.6 Å². The first-order valence-electron chi connectivity index (χ1n) is 2.45. The molecule has 0 atom stereocenters. The van der Waals surface area contributed by atoms with Gasteiger partial charge in [-0.15, -0.1) is 0 Å². The summed E-state index contributed by atoms with van der Waals surface area (Å²) in [5.74, 6) is 0.225. The van der Waals surface area contributed by atoms with E-state index in [2.05, 4.69) is 47.8 Å². The van der Waals surface area contributed by atoms with Crippen molar-refractivity contribution < 1.29 is 22.2 Å². The molecule has 11 heavy (non-hydrogen) atoms. The fourth-order valence-corrected chi connectivity index (χ4v) is 2.79. The maximum Gasteiger partial charge on any atom is 2.00 e. The first-order chi connectivity index (χ1) is 4.61. The number of rotatable bonds is 0. The van der Waals surface area contributed by atoms with E-state index >= 15 is 0 Å². The van der Waals surface area contributed by atoms with E-state index in [1.54, 1.807) is 12.1 Å². The maximum atomic E-state index is 9.22. The van der Waals surface area contributed by atoms with E-state index in [1.165, 1.54) is 0 Å². The molecule has 0 fully saturated rings. The summed E-state index contributed by atoms with van der Waals surface area (Å²) in [5, 5.41) is 9.22. The number of aromatic hydroxyl groups is 1. The van der Waals surface area contributed by atoms with E-state index < -0.39 is 0 Å². The Labute approximate surface area is 100 Å². The summed E-state index contributed by atoms with van der Waals surface area (Å²) in [6.07, 6.45) is 0. The molecular formula is C6H3Br3CuO+2. The van der Waals surface area contributed by atoms with Crippen LogP contribution in [0.3, 0.4) is 0 Å². The van der Waals surface area contributed by atoms with Crippen molar-refractivity contribution in [3.8, 4) is 5.75 Å². The minimum absolute atomic E-state index is 0. The molecule has 0 aliphatic carbocycles. The molecule has 1 aromatic rings. The molecule has 5 heteroatoms. The second-order valence-electron chi connectivity index (χ2n) is 1.72. The van der Waals surface area contributed by atoms with E-state index in [1.807, 2.05) is 0 Å². The molecule has 63 valence electrons. The van der Waals surface area contributed by atoms with E-state index in [9.17, 15) is 5.11 Å². The fraction of sp³-hybridized carbons (Fsp3) is 0. The number of phenolic OH excluding ortho intramolecular Hbond substituents is 1. The van der Waals surface area contributed by atoms with Gasteiger partial charge in [-0.3, -0.25) is 0 Å². The third kappa shape index (κ3) is 3.07. The second-order valence-corrected chi connectivity index (χ2v) is 4.34. The zero-order chi connectivity index (χ0) is 7.72. The predicted molar refractivity (Wildman–Crippen MR) is 51.2 cm³/mol. The van der Waals surface area contributed by atoms with Crippen molar-refractivity contribution >= 4 is 47.8 Å². The number of benzene rings is 1. The van der Waals surface area contributed by atoms with Gasteiger partial charge in [-0.2, -0.15) is 0 Å². The Bertz CT molecular complexity index is 241. The average molecular weight is 394 g/mol. The SMILES string of the molecule is Oc1c(Br)cc(Br)cc1Br.[Cu+2]. The molecule has 0 saturated heterocycles. The first kappa shape index (κ1) is 12.0. The Balaban J connectivity index is 0.000001000. The number of hydrogen-bond acceptors (Lipinski definition) is 1. The monoisotopic (exact) mass is 391 g/mol. The van der Waals surface area contributed by atoms with Gasteiger partial charge >= 0.3 is 17.1 Å². The van der Waals surface area contributed by atoms with E-state index in [0.29, 0.717) is 8.95 Å². The molecule has 1 aromatic carbocycles. The Morgan fingerprint density at radius 2 is 1.36 bits per heavy atom. The van der Waals surface area contributed by atoms with Crippen LogP contribution in [0.2, 0.25) is 0 Å². The molecule has 1 radical (unpaired) electrons. The van der Waals surface area contributed by atoms with Crippen LogP contribution in [0.25, 0.3) is 0 Å². The van der Waals surface area contributed by atoms with Gasteiger partial charge in [0.15, 0.2) is 0 Å². The van der Waals surface area contributed by atoms with Crippen LogP contribution in [0, 0.1) is 0 Å². The maximum absolute atomic E-state index is 9.22. The Morgan fingerprint density at radius 1 is 1.00 bits per heavy atom. The third-order valence-corrected chi connectivity index (χ3v) is 2.65. The van der Waals surface area contributed by atoms with Crippen molar-refractivity contribution in [2.24, 2.45) is 0 Å². The van der Waals surface area contributed by atoms with Gasteiger partial charge in [0.1, 0.15) is 5.75 Å². The van der Waals surface area contributed by atoms with Gasteiger partial charge in [0.05, 0.1) is 8.95 Å². The van der Waals surface area contributed by atoms with Crippen LogP contribution in [0.1, 0.15) is 0 Å². The summed E-state index contributed by atoms with van der Waals surface area (Å²) in [4.78, 5) is 0. The quantitative estimate of drug-likeness (QED) is 0.666. The normalized spacial score (nSPS) is 9.00. The molecule has 0 saturated carbocycles. The van der Waals surface area contributed by atoms with Crippen molar-refractivity contribution in [1.82, 2.24) is 0 Å². The standard InChI is InChI=1S/C6H3Br3O.Cu/c7-3-1-4(8)6(10)5(9)2-3;/h1-2,10H;/q;+2. The van der Waals surface area contributed by atoms with Crippen LogP contribution >= 0.6 is 47.8 Å². The molecule has 1 rings (SSSR count). The van der Waals surface area contributed by atoms with E-state index in [4.69, 9.17) is 0 Å². The van der Waals surface area contributed by atoms with Crippen LogP contribution in [-0.4, -0.2) is 5.11 Å². The third-order valence-electron chi connectivity index (χ3n) is 0.982. The van der Waals surface area contributed by atoms with Crippen molar-refractivity contribution in [2.75, 3.05) is 0 Å². The van der Waals surface area contributed by atoms with Gasteiger partial charge in [0, 0.05) is 4.47 Å². The first-order valence-corrected chi connectivity index (χ1v) is 4.82. The topological polar surface area (TPSA) is 20.2 Å². The van der Waals surface area contributed by atoms with E-state index in [0.717, 1.165) is 4.47 Å².